The van der Waals surface area contributed by atoms with Crippen LogP contribution in [0.4, 0.5) is 0 Å². The van der Waals surface area contributed by atoms with Crippen molar-refractivity contribution in [2.24, 2.45) is 0 Å². The molecule has 0 aliphatic heterocycles. The van der Waals surface area contributed by atoms with Crippen LogP contribution in [0.15, 0.2) is 0 Å². The summed E-state index contributed by atoms with van der Waals surface area (Å²) in [6, 6.07) is 0. The summed E-state index contributed by atoms with van der Waals surface area (Å²) in [5, 5.41) is 0. The molecule has 0 bridgehead atoms. The summed E-state index contributed by atoms with van der Waals surface area (Å²) in [5.74, 6) is 0. The van der Waals surface area contributed by atoms with E-state index in [2.05, 4.69) is 20.6 Å². The molecular formula is C3H9ClO3P+. The second-order valence-corrected chi connectivity index (χ2v) is 1.77. The zero-order chi connectivity index (χ0) is 6.99. The van der Waals surface area contributed by atoms with Crippen molar-refractivity contribution in [1.29, 1.82) is 0 Å². The summed E-state index contributed by atoms with van der Waals surface area (Å²) in [4.78, 5) is 0. The van der Waals surface area contributed by atoms with Crippen LogP contribution in [0.5, 0.6) is 0 Å². The summed E-state index contributed by atoms with van der Waals surface area (Å²) >= 11 is 4.64. The topological polar surface area (TPSA) is 35.5 Å². The zero-order valence-corrected chi connectivity index (χ0v) is 6.70. The molecule has 0 radical (unpaired) electrons. The Labute approximate surface area is 54.9 Å². The normalized spacial score (nSPS) is 7.00. The molecule has 5 heteroatoms. The van der Waals surface area contributed by atoms with Crippen molar-refractivity contribution in [2.75, 3.05) is 20.6 Å². The predicted molar refractivity (Wildman–Crippen MR) is 33.4 cm³/mol. The van der Waals surface area contributed by atoms with Crippen LogP contribution < -0.4 is 0 Å². The molecule has 3 nitrogen and oxygen atoms in total. The Bertz CT molecular complexity index is 52.5. The summed E-state index contributed by atoms with van der Waals surface area (Å²) in [6.07, 6.45) is 1.47. The van der Waals surface area contributed by atoms with Gasteiger partial charge in [0.05, 0.1) is 14.2 Å². The van der Waals surface area contributed by atoms with E-state index in [9.17, 15) is 4.57 Å². The molecule has 0 heterocycles. The highest BCUT2D eigenvalue weighted by atomic mass is 35.5. The van der Waals surface area contributed by atoms with Gasteiger partial charge in [-0.2, -0.15) is 0 Å². The van der Waals surface area contributed by atoms with E-state index in [4.69, 9.17) is 0 Å². The number of alkyl halides is 1. The number of hydrogen-bond acceptors (Lipinski definition) is 3. The van der Waals surface area contributed by atoms with Crippen LogP contribution >= 0.6 is 19.9 Å². The van der Waals surface area contributed by atoms with Gasteiger partial charge in [0.2, 0.25) is 0 Å². The Kier molecular flexibility index (Phi) is 14.4. The average molecular weight is 160 g/mol. The van der Waals surface area contributed by atoms with Crippen LogP contribution in [0, 0.1) is 0 Å². The summed E-state index contributed by atoms with van der Waals surface area (Å²) in [5.41, 5.74) is 0. The molecular weight excluding hydrogens is 150 g/mol. The fourth-order valence-electron chi connectivity index (χ4n) is 0.0745. The molecule has 0 aromatic heterocycles. The fourth-order valence-corrected chi connectivity index (χ4v) is 0.224. The SMILES string of the molecule is CCl.CO[P+](=O)OC. The van der Waals surface area contributed by atoms with Gasteiger partial charge < -0.3 is 0 Å². The lowest BCUT2D eigenvalue weighted by Gasteiger charge is -1.66. The van der Waals surface area contributed by atoms with E-state index >= 15 is 0 Å². The van der Waals surface area contributed by atoms with Crippen LogP contribution in [0.3, 0.4) is 0 Å². The Hall–Kier alpha value is 0.310. The number of halogens is 1. The lowest BCUT2D eigenvalue weighted by atomic mass is 11.8. The van der Waals surface area contributed by atoms with Gasteiger partial charge in [0.25, 0.3) is 0 Å². The third kappa shape index (κ3) is 9.58. The standard InChI is InChI=1S/C2H6O3P.CH3Cl/c1-4-6(3)5-2;1-2/h1-2H3;1H3/q+1;. The molecule has 0 aromatic carbocycles. The van der Waals surface area contributed by atoms with Crippen molar-refractivity contribution in [3.8, 4) is 0 Å². The molecule has 0 aromatic rings. The van der Waals surface area contributed by atoms with E-state index in [1.807, 2.05) is 0 Å². The number of hydrogen-bond donors (Lipinski definition) is 0. The van der Waals surface area contributed by atoms with Gasteiger partial charge in [-0.3, -0.25) is 0 Å². The molecule has 0 spiro atoms. The average Bonchev–Trinajstić information content (AvgIpc) is 1.91. The highest BCUT2D eigenvalue weighted by Crippen LogP contribution is 2.18. The lowest BCUT2D eigenvalue weighted by molar-refractivity contribution is 0.302. The zero-order valence-electron chi connectivity index (χ0n) is 5.05. The molecule has 0 atom stereocenters. The van der Waals surface area contributed by atoms with Crippen LogP contribution in [0.1, 0.15) is 0 Å². The minimum Gasteiger partial charge on any atom is -0.130 e. The van der Waals surface area contributed by atoms with Crippen LogP contribution in [0.2, 0.25) is 0 Å². The van der Waals surface area contributed by atoms with Gasteiger partial charge in [0.15, 0.2) is 0 Å². The van der Waals surface area contributed by atoms with Gasteiger partial charge in [-0.25, -0.2) is 0 Å². The van der Waals surface area contributed by atoms with Gasteiger partial charge in [0.1, 0.15) is 0 Å². The molecule has 50 valence electrons. The molecule has 8 heavy (non-hydrogen) atoms. The van der Waals surface area contributed by atoms with Gasteiger partial charge in [0, 0.05) is 10.9 Å². The molecule has 0 saturated heterocycles. The van der Waals surface area contributed by atoms with Gasteiger partial charge in [-0.1, -0.05) is 0 Å². The van der Waals surface area contributed by atoms with Crippen LogP contribution in [-0.4, -0.2) is 20.6 Å². The summed E-state index contributed by atoms with van der Waals surface area (Å²) in [7, 11) is 0.817. The van der Waals surface area contributed by atoms with E-state index in [1.54, 1.807) is 0 Å². The largest absolute Gasteiger partial charge is 0.696 e. The van der Waals surface area contributed by atoms with Gasteiger partial charge in [-0.15, -0.1) is 20.6 Å². The highest BCUT2D eigenvalue weighted by molar-refractivity contribution is 7.33. The summed E-state index contributed by atoms with van der Waals surface area (Å²) in [6.45, 7) is 0. The maximum Gasteiger partial charge on any atom is 0.696 e. The first-order chi connectivity index (χ1) is 3.81. The smallest absolute Gasteiger partial charge is 0.130 e. The molecule has 0 unspecified atom stereocenters. The lowest BCUT2D eigenvalue weighted by Crippen LogP contribution is -1.66. The molecule has 0 aliphatic rings. The second kappa shape index (κ2) is 10.3. The van der Waals surface area contributed by atoms with Crippen molar-refractivity contribution < 1.29 is 13.6 Å². The van der Waals surface area contributed by atoms with Crippen LogP contribution in [-0.2, 0) is 13.6 Å². The Balaban J connectivity index is 0. The highest BCUT2D eigenvalue weighted by Gasteiger charge is 2.10. The van der Waals surface area contributed by atoms with Crippen molar-refractivity contribution in [3.05, 3.63) is 0 Å². The molecule has 0 rings (SSSR count). The second-order valence-electron chi connectivity index (χ2n) is 0.589. The first-order valence-electron chi connectivity index (χ1n) is 1.74. The molecule has 0 saturated carbocycles. The fraction of sp³-hybridized carbons (Fsp3) is 1.00. The third-order valence-corrected chi connectivity index (χ3v) is 0.894. The van der Waals surface area contributed by atoms with Crippen molar-refractivity contribution in [2.45, 2.75) is 0 Å². The first kappa shape index (κ1) is 11.2. The van der Waals surface area contributed by atoms with Crippen molar-refractivity contribution in [3.63, 3.8) is 0 Å². The maximum absolute atomic E-state index is 9.88. The number of rotatable bonds is 2. The van der Waals surface area contributed by atoms with Crippen molar-refractivity contribution >= 4 is 19.9 Å². The van der Waals surface area contributed by atoms with E-state index in [0.29, 0.717) is 0 Å². The minimum atomic E-state index is -1.83. The maximum atomic E-state index is 9.88. The molecule has 0 fully saturated rings. The predicted octanol–water partition coefficient (Wildman–Crippen LogP) is 1.79. The molecule has 0 aliphatic carbocycles. The monoisotopic (exact) mass is 159 g/mol. The Morgan fingerprint density at radius 3 is 1.50 bits per heavy atom. The minimum absolute atomic E-state index is 1.32. The summed E-state index contributed by atoms with van der Waals surface area (Å²) < 4.78 is 18.3. The van der Waals surface area contributed by atoms with Gasteiger partial charge >= 0.3 is 8.25 Å². The quantitative estimate of drug-likeness (QED) is 0.455. The Morgan fingerprint density at radius 1 is 1.25 bits per heavy atom. The third-order valence-electron chi connectivity index (χ3n) is 0.298. The molecule has 0 amide bonds. The van der Waals surface area contributed by atoms with Crippen molar-refractivity contribution in [1.82, 2.24) is 0 Å². The van der Waals surface area contributed by atoms with E-state index in [-0.39, 0.29) is 0 Å². The van der Waals surface area contributed by atoms with E-state index < -0.39 is 8.25 Å². The van der Waals surface area contributed by atoms with Crippen LogP contribution in [0.25, 0.3) is 0 Å². The Morgan fingerprint density at radius 2 is 1.50 bits per heavy atom. The molecule has 0 N–H and O–H groups in total. The van der Waals surface area contributed by atoms with E-state index in [1.165, 1.54) is 20.6 Å². The van der Waals surface area contributed by atoms with E-state index in [0.717, 1.165) is 0 Å². The first-order valence-corrected chi connectivity index (χ1v) is 3.59. The van der Waals surface area contributed by atoms with Gasteiger partial charge in [-0.05, 0) is 0 Å².